The van der Waals surface area contributed by atoms with E-state index in [0.717, 1.165) is 28.4 Å². The van der Waals surface area contributed by atoms with Gasteiger partial charge in [-0.3, -0.25) is 4.68 Å². The van der Waals surface area contributed by atoms with E-state index in [0.29, 0.717) is 27.5 Å². The van der Waals surface area contributed by atoms with Gasteiger partial charge in [0.1, 0.15) is 11.4 Å². The lowest BCUT2D eigenvalue weighted by atomic mass is 10.1. The number of benzene rings is 1. The number of methoxy groups -OCH3 is 1. The van der Waals surface area contributed by atoms with Gasteiger partial charge in [0, 0.05) is 12.1 Å². The fourth-order valence-corrected chi connectivity index (χ4v) is 4.02. The molecule has 4 rings (SSSR count). The molecule has 3 heterocycles. The van der Waals surface area contributed by atoms with Crippen LogP contribution in [0.5, 0.6) is 5.75 Å². The largest absolute Gasteiger partial charge is 0.496 e. The summed E-state index contributed by atoms with van der Waals surface area (Å²) in [6.45, 7) is 4.35. The number of ether oxygens (including phenoxy) is 1. The molecule has 0 unspecified atom stereocenters. The third kappa shape index (κ3) is 3.30. The van der Waals surface area contributed by atoms with Crippen LogP contribution in [0, 0.1) is 5.92 Å². The zero-order chi connectivity index (χ0) is 19.1. The van der Waals surface area contributed by atoms with Gasteiger partial charge in [0.25, 0.3) is 0 Å². The Morgan fingerprint density at radius 1 is 1.19 bits per heavy atom. The highest BCUT2D eigenvalue weighted by Crippen LogP contribution is 2.35. The lowest BCUT2D eigenvalue weighted by molar-refractivity contribution is 0.416. The van der Waals surface area contributed by atoms with Crippen LogP contribution in [-0.2, 0) is 13.5 Å². The summed E-state index contributed by atoms with van der Waals surface area (Å²) >= 11 is 7.60. The van der Waals surface area contributed by atoms with E-state index in [1.807, 2.05) is 23.9 Å². The summed E-state index contributed by atoms with van der Waals surface area (Å²) in [7, 11) is 3.54. The first-order chi connectivity index (χ1) is 13.0. The highest BCUT2D eigenvalue weighted by molar-refractivity contribution is 7.19. The van der Waals surface area contributed by atoms with Gasteiger partial charge >= 0.3 is 0 Å². The lowest BCUT2D eigenvalue weighted by Gasteiger charge is -2.05. The van der Waals surface area contributed by atoms with E-state index in [1.54, 1.807) is 17.7 Å². The summed E-state index contributed by atoms with van der Waals surface area (Å²) in [4.78, 5) is 0.702. The van der Waals surface area contributed by atoms with E-state index >= 15 is 0 Å². The summed E-state index contributed by atoms with van der Waals surface area (Å²) < 4.78 is 9.02. The number of hydrogen-bond acceptors (Lipinski definition) is 6. The first kappa shape index (κ1) is 17.9. The molecule has 0 saturated carbocycles. The van der Waals surface area contributed by atoms with Crippen LogP contribution in [0.25, 0.3) is 27.1 Å². The minimum absolute atomic E-state index is 0.535. The first-order valence-corrected chi connectivity index (χ1v) is 9.75. The fraction of sp³-hybridized carbons (Fsp3) is 0.333. The van der Waals surface area contributed by atoms with E-state index in [1.165, 1.54) is 11.3 Å². The number of rotatable bonds is 5. The Kier molecular flexibility index (Phi) is 4.61. The van der Waals surface area contributed by atoms with Gasteiger partial charge in [0.15, 0.2) is 5.01 Å². The molecule has 0 saturated heterocycles. The van der Waals surface area contributed by atoms with Gasteiger partial charge in [-0.2, -0.15) is 14.7 Å². The van der Waals surface area contributed by atoms with Gasteiger partial charge < -0.3 is 4.74 Å². The average molecular weight is 403 g/mol. The first-order valence-electron chi connectivity index (χ1n) is 8.55. The maximum atomic E-state index is 6.16. The van der Waals surface area contributed by atoms with Gasteiger partial charge in [-0.05, 0) is 36.6 Å². The van der Waals surface area contributed by atoms with Crippen LogP contribution in [0.4, 0.5) is 0 Å². The standard InChI is InChI=1S/C18H19ClN6OS/c1-10(2)7-12-9-14(24(3)22-12)16-20-21-18-25(16)23-17(27-18)13-8-11(19)5-6-15(13)26-4/h5-6,8-10H,7H2,1-4H3. The van der Waals surface area contributed by atoms with Crippen molar-refractivity contribution in [2.75, 3.05) is 7.11 Å². The van der Waals surface area contributed by atoms with E-state index in [2.05, 4.69) is 35.2 Å². The molecule has 140 valence electrons. The maximum absolute atomic E-state index is 6.16. The minimum Gasteiger partial charge on any atom is -0.496 e. The van der Waals surface area contributed by atoms with Gasteiger partial charge in [-0.1, -0.05) is 36.8 Å². The normalized spacial score (nSPS) is 11.6. The van der Waals surface area contributed by atoms with Crippen LogP contribution in [0.1, 0.15) is 19.5 Å². The van der Waals surface area contributed by atoms with Gasteiger partial charge in [-0.15, -0.1) is 10.2 Å². The number of hydrogen-bond donors (Lipinski definition) is 0. The summed E-state index contributed by atoms with van der Waals surface area (Å²) in [5, 5.41) is 19.3. The lowest BCUT2D eigenvalue weighted by Crippen LogP contribution is -1.99. The zero-order valence-corrected chi connectivity index (χ0v) is 17.0. The highest BCUT2D eigenvalue weighted by Gasteiger charge is 2.20. The van der Waals surface area contributed by atoms with Crippen molar-refractivity contribution in [3.63, 3.8) is 0 Å². The fourth-order valence-electron chi connectivity index (χ4n) is 2.99. The Morgan fingerprint density at radius 2 is 2.00 bits per heavy atom. The van der Waals surface area contributed by atoms with Crippen LogP contribution in [0.15, 0.2) is 24.3 Å². The molecule has 7 nitrogen and oxygen atoms in total. The second-order valence-electron chi connectivity index (χ2n) is 6.71. The molecule has 0 spiro atoms. The van der Waals surface area contributed by atoms with E-state index in [-0.39, 0.29) is 0 Å². The molecule has 0 aliphatic carbocycles. The van der Waals surface area contributed by atoms with Gasteiger partial charge in [0.05, 0.1) is 18.4 Å². The monoisotopic (exact) mass is 402 g/mol. The number of halogens is 1. The molecule has 0 bridgehead atoms. The van der Waals surface area contributed by atoms with Crippen LogP contribution in [-0.4, -0.2) is 36.7 Å². The van der Waals surface area contributed by atoms with Crippen molar-refractivity contribution in [1.29, 1.82) is 0 Å². The van der Waals surface area contributed by atoms with Crippen LogP contribution in [0.3, 0.4) is 0 Å². The van der Waals surface area contributed by atoms with Crippen molar-refractivity contribution in [3.8, 4) is 27.8 Å². The quantitative estimate of drug-likeness (QED) is 0.502. The second-order valence-corrected chi connectivity index (χ2v) is 8.10. The number of nitrogens with zero attached hydrogens (tertiary/aromatic N) is 6. The Balaban J connectivity index is 1.80. The van der Waals surface area contributed by atoms with Gasteiger partial charge in [-0.25, -0.2) is 0 Å². The van der Waals surface area contributed by atoms with Gasteiger partial charge in [0.2, 0.25) is 10.8 Å². The van der Waals surface area contributed by atoms with Crippen molar-refractivity contribution >= 4 is 27.9 Å². The van der Waals surface area contributed by atoms with Crippen LogP contribution < -0.4 is 4.74 Å². The molecule has 0 amide bonds. The summed E-state index contributed by atoms with van der Waals surface area (Å²) in [6.07, 6.45) is 0.914. The predicted molar refractivity (Wildman–Crippen MR) is 106 cm³/mol. The average Bonchev–Trinajstić information content (AvgIpc) is 3.28. The minimum atomic E-state index is 0.535. The van der Waals surface area contributed by atoms with Crippen molar-refractivity contribution in [3.05, 3.63) is 35.0 Å². The highest BCUT2D eigenvalue weighted by atomic mass is 35.5. The summed E-state index contributed by atoms with van der Waals surface area (Å²) in [5.74, 6) is 1.91. The van der Waals surface area contributed by atoms with Crippen molar-refractivity contribution < 1.29 is 4.74 Å². The molecule has 0 aliphatic rings. The molecule has 1 aromatic carbocycles. The molecule has 0 radical (unpaired) electrons. The van der Waals surface area contributed by atoms with Crippen LogP contribution in [0.2, 0.25) is 5.02 Å². The molecule has 3 aromatic heterocycles. The van der Waals surface area contributed by atoms with Crippen molar-refractivity contribution in [2.24, 2.45) is 13.0 Å². The molecule has 9 heteroatoms. The Bertz CT molecular complexity index is 1110. The molecule has 4 aromatic rings. The second kappa shape index (κ2) is 6.94. The third-order valence-electron chi connectivity index (χ3n) is 4.16. The Hall–Kier alpha value is -2.45. The predicted octanol–water partition coefficient (Wildman–Crippen LogP) is 4.11. The van der Waals surface area contributed by atoms with Crippen molar-refractivity contribution in [1.82, 2.24) is 29.6 Å². The molecule has 27 heavy (non-hydrogen) atoms. The summed E-state index contributed by atoms with van der Waals surface area (Å²) in [6, 6.07) is 7.52. The molecule has 0 atom stereocenters. The number of aryl methyl sites for hydroxylation is 1. The van der Waals surface area contributed by atoms with E-state index in [9.17, 15) is 0 Å². The Morgan fingerprint density at radius 3 is 2.74 bits per heavy atom. The number of aromatic nitrogens is 6. The molecular weight excluding hydrogens is 384 g/mol. The topological polar surface area (TPSA) is 70.1 Å². The molecule has 0 N–H and O–H groups in total. The SMILES string of the molecule is COc1ccc(Cl)cc1-c1nn2c(-c3cc(CC(C)C)nn3C)nnc2s1. The van der Waals surface area contributed by atoms with E-state index < -0.39 is 0 Å². The smallest absolute Gasteiger partial charge is 0.235 e. The Labute approximate surface area is 165 Å². The summed E-state index contributed by atoms with van der Waals surface area (Å²) in [5.41, 5.74) is 2.75. The van der Waals surface area contributed by atoms with Crippen LogP contribution >= 0.6 is 22.9 Å². The third-order valence-corrected chi connectivity index (χ3v) is 5.33. The molecular formula is C18H19ClN6OS. The zero-order valence-electron chi connectivity index (χ0n) is 15.5. The number of fused-ring (bicyclic) bond motifs is 1. The molecule has 0 aliphatic heterocycles. The molecule has 0 fully saturated rings. The van der Waals surface area contributed by atoms with E-state index in [4.69, 9.17) is 21.4 Å². The van der Waals surface area contributed by atoms with Crippen molar-refractivity contribution in [2.45, 2.75) is 20.3 Å². The maximum Gasteiger partial charge on any atom is 0.235 e.